The lowest BCUT2D eigenvalue weighted by atomic mass is 9.96. The molecule has 5 nitrogen and oxygen atoms in total. The first kappa shape index (κ1) is 24.8. The second kappa shape index (κ2) is 11.0. The standard InChI is InChI=1S/C32H34N4O/c1-35(2)19-8-20-36(3)22-23-12-17-29-28(21-23)30(31(34-29)27-11-7-18-33-32(27)37)26-15-13-25(14-16-26)24-9-5-4-6-10-24/h4-7,9-18,21,34H,8,19-20,22H2,1-3H3,(H,33,37). The minimum Gasteiger partial charge on any atom is -0.354 e. The lowest BCUT2D eigenvalue weighted by Crippen LogP contribution is -2.23. The first-order chi connectivity index (χ1) is 18.0. The Balaban J connectivity index is 1.56. The fraction of sp³-hybridized carbons (Fsp3) is 0.219. The van der Waals surface area contributed by atoms with Crippen molar-refractivity contribution in [1.29, 1.82) is 0 Å². The molecule has 0 unspecified atom stereocenters. The Morgan fingerprint density at radius 2 is 1.49 bits per heavy atom. The first-order valence-corrected chi connectivity index (χ1v) is 12.8. The third-order valence-electron chi connectivity index (χ3n) is 6.83. The normalized spacial score (nSPS) is 11.6. The number of aromatic nitrogens is 2. The van der Waals surface area contributed by atoms with Crippen LogP contribution in [0, 0.1) is 0 Å². The summed E-state index contributed by atoms with van der Waals surface area (Å²) in [5.41, 5.74) is 8.18. The molecule has 0 fully saturated rings. The summed E-state index contributed by atoms with van der Waals surface area (Å²) >= 11 is 0. The Labute approximate surface area is 218 Å². The topological polar surface area (TPSA) is 55.1 Å². The molecule has 0 radical (unpaired) electrons. The van der Waals surface area contributed by atoms with E-state index in [-0.39, 0.29) is 5.56 Å². The molecule has 0 bridgehead atoms. The van der Waals surface area contributed by atoms with Crippen LogP contribution in [0.15, 0.2) is 95.9 Å². The Morgan fingerprint density at radius 1 is 0.757 bits per heavy atom. The van der Waals surface area contributed by atoms with E-state index in [1.165, 1.54) is 16.7 Å². The number of H-pyrrole nitrogens is 2. The molecule has 2 heterocycles. The van der Waals surface area contributed by atoms with E-state index in [1.807, 2.05) is 18.2 Å². The molecule has 5 heteroatoms. The van der Waals surface area contributed by atoms with Gasteiger partial charge in [-0.1, -0.05) is 60.7 Å². The summed E-state index contributed by atoms with van der Waals surface area (Å²) in [4.78, 5) is 23.8. The zero-order valence-electron chi connectivity index (χ0n) is 21.8. The minimum absolute atomic E-state index is 0.0999. The fourth-order valence-electron chi connectivity index (χ4n) is 4.97. The molecule has 0 atom stereocenters. The van der Waals surface area contributed by atoms with E-state index in [1.54, 1.807) is 6.20 Å². The fourth-order valence-corrected chi connectivity index (χ4v) is 4.97. The van der Waals surface area contributed by atoms with Crippen LogP contribution in [0.2, 0.25) is 0 Å². The highest BCUT2D eigenvalue weighted by Crippen LogP contribution is 2.38. The van der Waals surface area contributed by atoms with Crippen molar-refractivity contribution in [1.82, 2.24) is 19.8 Å². The van der Waals surface area contributed by atoms with Gasteiger partial charge in [-0.05, 0) is 87.2 Å². The van der Waals surface area contributed by atoms with Crippen molar-refractivity contribution < 1.29 is 0 Å². The summed E-state index contributed by atoms with van der Waals surface area (Å²) in [7, 11) is 6.40. The van der Waals surface area contributed by atoms with Crippen LogP contribution < -0.4 is 5.56 Å². The molecule has 0 aliphatic heterocycles. The van der Waals surface area contributed by atoms with Crippen LogP contribution in [0.3, 0.4) is 0 Å². The van der Waals surface area contributed by atoms with Gasteiger partial charge in [-0.25, -0.2) is 0 Å². The smallest absolute Gasteiger partial charge is 0.257 e. The van der Waals surface area contributed by atoms with Crippen LogP contribution in [-0.2, 0) is 6.54 Å². The minimum atomic E-state index is -0.0999. The second-order valence-corrected chi connectivity index (χ2v) is 10.0. The maximum Gasteiger partial charge on any atom is 0.257 e. The zero-order valence-corrected chi connectivity index (χ0v) is 21.8. The summed E-state index contributed by atoms with van der Waals surface area (Å²) in [6, 6.07) is 29.4. The molecule has 0 saturated carbocycles. The lowest BCUT2D eigenvalue weighted by Gasteiger charge is -2.18. The van der Waals surface area contributed by atoms with E-state index < -0.39 is 0 Å². The van der Waals surface area contributed by atoms with E-state index in [4.69, 9.17) is 0 Å². The van der Waals surface area contributed by atoms with Crippen LogP contribution in [0.1, 0.15) is 12.0 Å². The molecular weight excluding hydrogens is 456 g/mol. The van der Waals surface area contributed by atoms with E-state index in [9.17, 15) is 4.79 Å². The Hall–Kier alpha value is -3.93. The average Bonchev–Trinajstić information content (AvgIpc) is 3.28. The van der Waals surface area contributed by atoms with Crippen LogP contribution in [-0.4, -0.2) is 54.0 Å². The van der Waals surface area contributed by atoms with Crippen LogP contribution in [0.4, 0.5) is 0 Å². The molecule has 0 spiro atoms. The molecule has 0 saturated heterocycles. The van der Waals surface area contributed by atoms with Gasteiger partial charge in [0.15, 0.2) is 0 Å². The summed E-state index contributed by atoms with van der Waals surface area (Å²) < 4.78 is 0. The number of fused-ring (bicyclic) bond motifs is 1. The number of aromatic amines is 2. The Morgan fingerprint density at radius 3 is 2.22 bits per heavy atom. The van der Waals surface area contributed by atoms with E-state index in [0.717, 1.165) is 53.8 Å². The molecule has 5 rings (SSSR count). The van der Waals surface area contributed by atoms with Gasteiger partial charge in [0.2, 0.25) is 0 Å². The van der Waals surface area contributed by atoms with Crippen molar-refractivity contribution in [2.75, 3.05) is 34.2 Å². The van der Waals surface area contributed by atoms with Crippen molar-refractivity contribution >= 4 is 10.9 Å². The summed E-state index contributed by atoms with van der Waals surface area (Å²) in [5.74, 6) is 0. The predicted octanol–water partition coefficient (Wildman–Crippen LogP) is 6.24. The molecule has 2 aromatic heterocycles. The van der Waals surface area contributed by atoms with Crippen LogP contribution in [0.25, 0.3) is 44.4 Å². The van der Waals surface area contributed by atoms with Gasteiger partial charge in [0, 0.05) is 29.2 Å². The van der Waals surface area contributed by atoms with Gasteiger partial charge in [-0.2, -0.15) is 0 Å². The van der Waals surface area contributed by atoms with E-state index in [2.05, 4.69) is 108 Å². The average molecular weight is 491 g/mol. The largest absolute Gasteiger partial charge is 0.354 e. The third-order valence-corrected chi connectivity index (χ3v) is 6.83. The van der Waals surface area contributed by atoms with Crippen molar-refractivity contribution in [3.63, 3.8) is 0 Å². The van der Waals surface area contributed by atoms with Gasteiger partial charge >= 0.3 is 0 Å². The second-order valence-electron chi connectivity index (χ2n) is 10.0. The van der Waals surface area contributed by atoms with Gasteiger partial charge in [0.1, 0.15) is 0 Å². The van der Waals surface area contributed by atoms with Crippen molar-refractivity contribution in [2.45, 2.75) is 13.0 Å². The molecule has 37 heavy (non-hydrogen) atoms. The highest BCUT2D eigenvalue weighted by molar-refractivity contribution is 6.04. The summed E-state index contributed by atoms with van der Waals surface area (Å²) in [5, 5.41) is 1.13. The molecule has 0 amide bonds. The third kappa shape index (κ3) is 5.58. The monoisotopic (exact) mass is 490 g/mol. The lowest BCUT2D eigenvalue weighted by molar-refractivity contribution is 0.294. The van der Waals surface area contributed by atoms with Gasteiger partial charge in [0.05, 0.1) is 11.3 Å². The number of hydrogen-bond donors (Lipinski definition) is 2. The van der Waals surface area contributed by atoms with Crippen molar-refractivity contribution in [3.8, 4) is 33.5 Å². The van der Waals surface area contributed by atoms with Crippen LogP contribution >= 0.6 is 0 Å². The number of benzene rings is 3. The van der Waals surface area contributed by atoms with Crippen molar-refractivity contribution in [3.05, 3.63) is 107 Å². The summed E-state index contributed by atoms with van der Waals surface area (Å²) in [6.07, 6.45) is 2.81. The highest BCUT2D eigenvalue weighted by Gasteiger charge is 2.18. The molecular formula is C32H34N4O. The number of pyridine rings is 1. The molecule has 188 valence electrons. The molecule has 2 N–H and O–H groups in total. The molecule has 0 aliphatic rings. The highest BCUT2D eigenvalue weighted by atomic mass is 16.1. The number of nitrogens with zero attached hydrogens (tertiary/aromatic N) is 2. The number of nitrogens with one attached hydrogen (secondary N) is 2. The quantitative estimate of drug-likeness (QED) is 0.257. The van der Waals surface area contributed by atoms with Gasteiger partial charge in [0.25, 0.3) is 5.56 Å². The number of hydrogen-bond acceptors (Lipinski definition) is 3. The number of rotatable bonds is 9. The van der Waals surface area contributed by atoms with E-state index >= 15 is 0 Å². The van der Waals surface area contributed by atoms with Gasteiger partial charge in [-0.15, -0.1) is 0 Å². The van der Waals surface area contributed by atoms with E-state index in [0.29, 0.717) is 5.56 Å². The van der Waals surface area contributed by atoms with Gasteiger partial charge < -0.3 is 19.8 Å². The predicted molar refractivity (Wildman–Crippen MR) is 155 cm³/mol. The molecule has 0 aliphatic carbocycles. The van der Waals surface area contributed by atoms with Crippen LogP contribution in [0.5, 0.6) is 0 Å². The maximum absolute atomic E-state index is 12.8. The van der Waals surface area contributed by atoms with Crippen molar-refractivity contribution in [2.24, 2.45) is 0 Å². The SMILES string of the molecule is CN(C)CCCN(C)Cc1ccc2[nH]c(-c3ccc[nH]c3=O)c(-c3ccc(-c4ccccc4)cc3)c2c1. The zero-order chi connectivity index (χ0) is 25.8. The Kier molecular flexibility index (Phi) is 7.35. The maximum atomic E-state index is 12.8. The molecule has 3 aromatic carbocycles. The first-order valence-electron chi connectivity index (χ1n) is 12.8. The molecule has 5 aromatic rings. The Bertz CT molecular complexity index is 1530. The van der Waals surface area contributed by atoms with Gasteiger partial charge in [-0.3, -0.25) is 4.79 Å². The summed E-state index contributed by atoms with van der Waals surface area (Å²) in [6.45, 7) is 3.00.